The quantitative estimate of drug-likeness (QED) is 0.422. The maximum absolute atomic E-state index is 13.4. The van der Waals surface area contributed by atoms with Gasteiger partial charge in [0.1, 0.15) is 11.7 Å². The fraction of sp³-hybridized carbons (Fsp3) is 0.464. The predicted octanol–water partition coefficient (Wildman–Crippen LogP) is 3.70. The molecule has 1 saturated heterocycles. The summed E-state index contributed by atoms with van der Waals surface area (Å²) in [6, 6.07) is 13.1. The van der Waals surface area contributed by atoms with Gasteiger partial charge in [-0.25, -0.2) is 4.98 Å². The lowest BCUT2D eigenvalue weighted by molar-refractivity contribution is -0.141. The van der Waals surface area contributed by atoms with Crippen LogP contribution in [0.1, 0.15) is 57.9 Å². The van der Waals surface area contributed by atoms with Crippen molar-refractivity contribution >= 4 is 42.5 Å². The summed E-state index contributed by atoms with van der Waals surface area (Å²) < 4.78 is 11.0. The Balaban J connectivity index is 1.79. The molecule has 0 aliphatic carbocycles. The molecule has 0 saturated carbocycles. The van der Waals surface area contributed by atoms with Crippen molar-refractivity contribution in [3.8, 4) is 11.3 Å². The van der Waals surface area contributed by atoms with Gasteiger partial charge in [0.25, 0.3) is 5.91 Å². The summed E-state index contributed by atoms with van der Waals surface area (Å²) in [5.74, 6) is -2.74. The van der Waals surface area contributed by atoms with Crippen molar-refractivity contribution in [2.24, 2.45) is 5.92 Å². The van der Waals surface area contributed by atoms with Crippen LogP contribution in [0, 0.1) is 5.92 Å². The molecule has 1 aliphatic rings. The first-order valence-corrected chi connectivity index (χ1v) is 14.0. The van der Waals surface area contributed by atoms with E-state index in [1.54, 1.807) is 26.0 Å². The number of nitrogens with zero attached hydrogens (tertiary/aromatic N) is 1. The Morgan fingerprint density at radius 2 is 1.62 bits per heavy atom. The number of Topliss-reactive ketones (excluding diaryl/α,β-unsaturated/α-hetero) is 1. The van der Waals surface area contributed by atoms with Crippen LogP contribution in [0.15, 0.2) is 48.5 Å². The number of amides is 1. The summed E-state index contributed by atoms with van der Waals surface area (Å²) in [6.07, 6.45) is -0.988. The predicted molar refractivity (Wildman–Crippen MR) is 150 cm³/mol. The monoisotopic (exact) mass is 554 g/mol. The van der Waals surface area contributed by atoms with Crippen molar-refractivity contribution in [3.63, 3.8) is 0 Å². The smallest absolute Gasteiger partial charge is 0.498 e. The van der Waals surface area contributed by atoms with Crippen molar-refractivity contribution < 1.29 is 33.6 Å². The van der Waals surface area contributed by atoms with Crippen LogP contribution < -0.4 is 5.32 Å². The number of thioether (sulfide) groups is 1. The number of benzene rings is 1. The molecule has 39 heavy (non-hydrogen) atoms. The van der Waals surface area contributed by atoms with Crippen molar-refractivity contribution in [3.05, 3.63) is 54.2 Å². The highest BCUT2D eigenvalue weighted by molar-refractivity contribution is 8.01. The van der Waals surface area contributed by atoms with E-state index in [1.807, 2.05) is 44.2 Å². The van der Waals surface area contributed by atoms with Crippen molar-refractivity contribution in [2.45, 2.75) is 75.9 Å². The third-order valence-corrected chi connectivity index (χ3v) is 7.53. The minimum Gasteiger partial charge on any atom is -0.498 e. The normalized spacial score (nSPS) is 20.2. The molecule has 0 bridgehead atoms. The molecule has 2 heterocycles. The summed E-state index contributed by atoms with van der Waals surface area (Å²) in [4.78, 5) is 56.0. The van der Waals surface area contributed by atoms with Gasteiger partial charge in [0.2, 0.25) is 0 Å². The summed E-state index contributed by atoms with van der Waals surface area (Å²) in [7, 11) is -1.25. The molecular formula is C28H35BN2O7S. The molecule has 1 aliphatic heterocycles. The molecule has 1 aromatic carbocycles. The van der Waals surface area contributed by atoms with Gasteiger partial charge in [0.15, 0.2) is 5.78 Å². The molecule has 0 unspecified atom stereocenters. The number of ketones is 1. The third-order valence-electron chi connectivity index (χ3n) is 6.33. The maximum atomic E-state index is 13.4. The fourth-order valence-electron chi connectivity index (χ4n) is 4.35. The molecule has 5 atom stereocenters. The van der Waals surface area contributed by atoms with Crippen LogP contribution >= 0.6 is 11.8 Å². The van der Waals surface area contributed by atoms with Gasteiger partial charge in [-0.1, -0.05) is 50.2 Å². The van der Waals surface area contributed by atoms with Gasteiger partial charge < -0.3 is 19.7 Å². The second kappa shape index (κ2) is 13.8. The summed E-state index contributed by atoms with van der Waals surface area (Å²) in [5.41, 5.74) is 1.52. The Labute approximate surface area is 233 Å². The number of aliphatic hydroxyl groups is 1. The minimum atomic E-state index is -1.25. The van der Waals surface area contributed by atoms with E-state index in [1.165, 1.54) is 13.0 Å². The van der Waals surface area contributed by atoms with Crippen LogP contribution in [0.4, 0.5) is 0 Å². The molecule has 1 aromatic heterocycles. The van der Waals surface area contributed by atoms with Crippen LogP contribution in [-0.4, -0.2) is 63.5 Å². The second-order valence-corrected chi connectivity index (χ2v) is 11.9. The molecule has 1 amide bonds. The number of pyridine rings is 1. The van der Waals surface area contributed by atoms with Crippen molar-refractivity contribution in [2.75, 3.05) is 0 Å². The van der Waals surface area contributed by atoms with Crippen LogP contribution in [0.5, 0.6) is 0 Å². The van der Waals surface area contributed by atoms with E-state index >= 15 is 0 Å². The highest BCUT2D eigenvalue weighted by atomic mass is 32.2. The zero-order valence-corrected chi connectivity index (χ0v) is 23.6. The van der Waals surface area contributed by atoms with Gasteiger partial charge in [-0.2, -0.15) is 0 Å². The average Bonchev–Trinajstić information content (AvgIpc) is 2.90. The van der Waals surface area contributed by atoms with Crippen molar-refractivity contribution in [1.82, 2.24) is 10.3 Å². The second-order valence-electron chi connectivity index (χ2n) is 10.2. The first kappa shape index (κ1) is 30.4. The SMILES string of the molecule is CC(C)C[C@H](CC(=O)[C@@H](NC(=O)c1cccc(-c2ccccc2)n1)[C@@H](C)O)B1OC(=O)[C@H](C)S[C@H](C)C(=O)O1. The van der Waals surface area contributed by atoms with Gasteiger partial charge in [-0.05, 0) is 45.2 Å². The first-order valence-electron chi connectivity index (χ1n) is 13.1. The lowest BCUT2D eigenvalue weighted by Crippen LogP contribution is -2.49. The van der Waals surface area contributed by atoms with Crippen LogP contribution in [0.25, 0.3) is 11.3 Å². The molecule has 0 spiro atoms. The molecule has 3 rings (SSSR count). The number of rotatable bonds is 10. The highest BCUT2D eigenvalue weighted by Gasteiger charge is 2.44. The lowest BCUT2D eigenvalue weighted by atomic mass is 9.64. The Morgan fingerprint density at radius 3 is 2.18 bits per heavy atom. The zero-order chi connectivity index (χ0) is 28.7. The van der Waals surface area contributed by atoms with Gasteiger partial charge in [-0.15, -0.1) is 11.8 Å². The van der Waals surface area contributed by atoms with E-state index in [2.05, 4.69) is 10.3 Å². The Morgan fingerprint density at radius 1 is 1.00 bits per heavy atom. The summed E-state index contributed by atoms with van der Waals surface area (Å²) in [6.45, 7) is 8.59. The van der Waals surface area contributed by atoms with Gasteiger partial charge in [0.05, 0.1) is 22.3 Å². The molecule has 11 heteroatoms. The molecule has 9 nitrogen and oxygen atoms in total. The Hall–Kier alpha value is -3.18. The van der Waals surface area contributed by atoms with E-state index in [9.17, 15) is 24.3 Å². The van der Waals surface area contributed by atoms with Gasteiger partial charge >= 0.3 is 19.1 Å². The number of nitrogens with one attached hydrogen (secondary N) is 1. The highest BCUT2D eigenvalue weighted by Crippen LogP contribution is 2.31. The Bertz CT molecular complexity index is 1160. The average molecular weight is 554 g/mol. The Kier molecular flexibility index (Phi) is 10.7. The number of carbonyl (C=O) groups excluding carboxylic acids is 4. The number of hydrogen-bond donors (Lipinski definition) is 2. The molecule has 1 fully saturated rings. The molecule has 2 aromatic rings. The van der Waals surface area contributed by atoms with Gasteiger partial charge in [-0.3, -0.25) is 19.2 Å². The molecular weight excluding hydrogens is 519 g/mol. The third kappa shape index (κ3) is 8.40. The fourth-order valence-corrected chi connectivity index (χ4v) is 5.30. The van der Waals surface area contributed by atoms with Crippen LogP contribution in [-0.2, 0) is 23.7 Å². The number of aliphatic hydroxyl groups excluding tert-OH is 1. The topological polar surface area (TPSA) is 132 Å². The first-order chi connectivity index (χ1) is 18.5. The molecule has 2 N–H and O–H groups in total. The number of aromatic nitrogens is 1. The van der Waals surface area contributed by atoms with E-state index in [4.69, 9.17) is 9.31 Å². The molecule has 0 radical (unpaired) electrons. The zero-order valence-electron chi connectivity index (χ0n) is 22.8. The number of carbonyl (C=O) groups is 4. The van der Waals surface area contributed by atoms with E-state index in [-0.39, 0.29) is 18.0 Å². The van der Waals surface area contributed by atoms with E-state index in [0.717, 1.165) is 17.3 Å². The van der Waals surface area contributed by atoms with E-state index in [0.29, 0.717) is 12.1 Å². The molecule has 208 valence electrons. The van der Waals surface area contributed by atoms with Crippen LogP contribution in [0.3, 0.4) is 0 Å². The standard InChI is InChI=1S/C28H35BN2O7S/c1-16(2)14-21(29-37-27(35)18(4)39-19(5)28(36)38-29)15-24(33)25(17(3)32)31-26(34)23-13-9-12-22(30-23)20-10-7-6-8-11-20/h6-13,16-19,21,25,32H,14-15H2,1-5H3,(H,31,34)/t17-,18-,19+,21-,25+/m1/s1. The summed E-state index contributed by atoms with van der Waals surface area (Å²) >= 11 is 1.14. The van der Waals surface area contributed by atoms with E-state index < -0.39 is 59.2 Å². The summed E-state index contributed by atoms with van der Waals surface area (Å²) in [5, 5.41) is 11.9. The maximum Gasteiger partial charge on any atom is 0.602 e. The lowest BCUT2D eigenvalue weighted by Gasteiger charge is -2.29. The largest absolute Gasteiger partial charge is 0.602 e. The van der Waals surface area contributed by atoms with Crippen molar-refractivity contribution in [1.29, 1.82) is 0 Å². The minimum absolute atomic E-state index is 0.0828. The van der Waals surface area contributed by atoms with Crippen LogP contribution in [0.2, 0.25) is 5.82 Å². The van der Waals surface area contributed by atoms with Gasteiger partial charge in [0, 0.05) is 17.8 Å². The number of hydrogen-bond acceptors (Lipinski definition) is 9.